The van der Waals surface area contributed by atoms with Crippen LogP contribution in [0.25, 0.3) is 0 Å². The molecule has 0 radical (unpaired) electrons. The number of halogens is 1. The van der Waals surface area contributed by atoms with Crippen LogP contribution in [0, 0.1) is 12.3 Å². The Kier molecular flexibility index (Phi) is 6.42. The number of nitrogens with one attached hydrogen (secondary N) is 2. The van der Waals surface area contributed by atoms with Crippen LogP contribution in [0.2, 0.25) is 5.02 Å². The maximum Gasteiger partial charge on any atom is 0.256 e. The Labute approximate surface area is 205 Å². The van der Waals surface area contributed by atoms with Gasteiger partial charge in [-0.05, 0) is 54.4 Å². The second-order valence-corrected chi connectivity index (χ2v) is 9.97. The fourth-order valence-corrected chi connectivity index (χ4v) is 5.03. The highest BCUT2D eigenvalue weighted by Gasteiger charge is 2.43. The Morgan fingerprint density at radius 2 is 1.91 bits per heavy atom. The van der Waals surface area contributed by atoms with E-state index in [4.69, 9.17) is 16.6 Å². The summed E-state index contributed by atoms with van der Waals surface area (Å²) in [5.74, 6) is 1.03. The highest BCUT2D eigenvalue weighted by atomic mass is 35.5. The molecule has 2 aliphatic rings. The number of anilines is 2. The van der Waals surface area contributed by atoms with Crippen LogP contribution in [0.3, 0.4) is 0 Å². The van der Waals surface area contributed by atoms with Crippen molar-refractivity contribution in [3.05, 3.63) is 82.0 Å². The topological polar surface area (TPSA) is 70.2 Å². The molecule has 0 atom stereocenters. The Morgan fingerprint density at radius 3 is 2.62 bits per heavy atom. The molecule has 2 heterocycles. The SMILES string of the molecule is Cc1ccc(CNc2nc(N3CCC4(CCC4)C3)ncc2C(=O)NCc2ccccc2)cc1Cl. The second-order valence-electron chi connectivity index (χ2n) is 9.56. The van der Waals surface area contributed by atoms with Crippen LogP contribution >= 0.6 is 11.6 Å². The van der Waals surface area contributed by atoms with E-state index in [1.54, 1.807) is 6.20 Å². The molecule has 0 bridgehead atoms. The number of benzene rings is 2. The Balaban J connectivity index is 1.36. The molecule has 1 saturated carbocycles. The monoisotopic (exact) mass is 475 g/mol. The molecule has 6 nitrogen and oxygen atoms in total. The zero-order valence-corrected chi connectivity index (χ0v) is 20.2. The van der Waals surface area contributed by atoms with Crippen molar-refractivity contribution in [1.82, 2.24) is 15.3 Å². The summed E-state index contributed by atoms with van der Waals surface area (Å²) >= 11 is 6.31. The van der Waals surface area contributed by atoms with E-state index in [0.29, 0.717) is 35.8 Å². The minimum absolute atomic E-state index is 0.197. The first kappa shape index (κ1) is 22.7. The van der Waals surface area contributed by atoms with E-state index in [2.05, 4.69) is 20.5 Å². The van der Waals surface area contributed by atoms with Crippen molar-refractivity contribution in [2.45, 2.75) is 45.7 Å². The molecule has 1 spiro atoms. The molecule has 1 aromatic heterocycles. The fourth-order valence-electron chi connectivity index (χ4n) is 4.82. The van der Waals surface area contributed by atoms with Gasteiger partial charge in [-0.1, -0.05) is 60.5 Å². The summed E-state index contributed by atoms with van der Waals surface area (Å²) < 4.78 is 0. The maximum atomic E-state index is 13.1. The Morgan fingerprint density at radius 1 is 1.09 bits per heavy atom. The molecule has 2 fully saturated rings. The number of hydrogen-bond acceptors (Lipinski definition) is 5. The van der Waals surface area contributed by atoms with Crippen LogP contribution < -0.4 is 15.5 Å². The molecule has 0 unspecified atom stereocenters. The van der Waals surface area contributed by atoms with Gasteiger partial charge in [0.25, 0.3) is 5.91 Å². The molecule has 7 heteroatoms. The molecule has 1 saturated heterocycles. The lowest BCUT2D eigenvalue weighted by Gasteiger charge is -2.37. The molecule has 34 heavy (non-hydrogen) atoms. The van der Waals surface area contributed by atoms with Gasteiger partial charge >= 0.3 is 0 Å². The smallest absolute Gasteiger partial charge is 0.256 e. The standard InChI is InChI=1S/C27H30ClN5O/c1-19-8-9-21(14-23(19)28)16-29-24-22(25(34)30-15-20-6-3-2-4-7-20)17-31-26(32-24)33-13-12-27(18-33)10-5-11-27/h2-4,6-9,14,17H,5,10-13,15-16,18H2,1H3,(H,30,34)(H,29,31,32). The second kappa shape index (κ2) is 9.63. The van der Waals surface area contributed by atoms with Gasteiger partial charge in [0.1, 0.15) is 11.4 Å². The van der Waals surface area contributed by atoms with Crippen LogP contribution in [0.1, 0.15) is 52.7 Å². The number of amides is 1. The van der Waals surface area contributed by atoms with Gasteiger partial charge in [0, 0.05) is 37.4 Å². The number of carbonyl (C=O) groups is 1. The lowest BCUT2D eigenvalue weighted by Crippen LogP contribution is -2.34. The van der Waals surface area contributed by atoms with Gasteiger partial charge in [-0.3, -0.25) is 4.79 Å². The summed E-state index contributed by atoms with van der Waals surface area (Å²) in [5, 5.41) is 7.10. The molecule has 1 amide bonds. The summed E-state index contributed by atoms with van der Waals surface area (Å²) in [4.78, 5) is 24.8. The molecule has 176 valence electrons. The first-order chi connectivity index (χ1) is 16.5. The number of aromatic nitrogens is 2. The van der Waals surface area contributed by atoms with E-state index in [0.717, 1.165) is 34.8 Å². The lowest BCUT2D eigenvalue weighted by molar-refractivity contribution is 0.0951. The van der Waals surface area contributed by atoms with E-state index in [9.17, 15) is 4.79 Å². The van der Waals surface area contributed by atoms with Gasteiger partial charge < -0.3 is 15.5 Å². The van der Waals surface area contributed by atoms with Crippen molar-refractivity contribution in [2.75, 3.05) is 23.3 Å². The molecular formula is C27H30ClN5O. The summed E-state index contributed by atoms with van der Waals surface area (Å²) in [5.41, 5.74) is 3.99. The molecular weight excluding hydrogens is 446 g/mol. The summed E-state index contributed by atoms with van der Waals surface area (Å²) in [6.45, 7) is 4.91. The van der Waals surface area contributed by atoms with Gasteiger partial charge in [-0.25, -0.2) is 4.98 Å². The Bertz CT molecular complexity index is 1180. The van der Waals surface area contributed by atoms with Crippen LogP contribution in [-0.2, 0) is 13.1 Å². The first-order valence-electron chi connectivity index (χ1n) is 11.9. The van der Waals surface area contributed by atoms with E-state index >= 15 is 0 Å². The lowest BCUT2D eigenvalue weighted by atomic mass is 9.68. The molecule has 2 aromatic carbocycles. The van der Waals surface area contributed by atoms with Gasteiger partial charge in [0.15, 0.2) is 0 Å². The predicted octanol–water partition coefficient (Wildman–Crippen LogP) is 5.36. The van der Waals surface area contributed by atoms with Crippen molar-refractivity contribution in [3.63, 3.8) is 0 Å². The van der Waals surface area contributed by atoms with Gasteiger partial charge in [-0.15, -0.1) is 0 Å². The Hall–Kier alpha value is -3.12. The van der Waals surface area contributed by atoms with Crippen LogP contribution in [-0.4, -0.2) is 29.0 Å². The molecule has 5 rings (SSSR count). The minimum atomic E-state index is -0.197. The first-order valence-corrected chi connectivity index (χ1v) is 12.3. The predicted molar refractivity (Wildman–Crippen MR) is 136 cm³/mol. The van der Waals surface area contributed by atoms with E-state index < -0.39 is 0 Å². The van der Waals surface area contributed by atoms with E-state index in [1.165, 1.54) is 25.7 Å². The molecule has 3 aromatic rings. The number of rotatable bonds is 7. The van der Waals surface area contributed by atoms with Crippen molar-refractivity contribution in [1.29, 1.82) is 0 Å². The van der Waals surface area contributed by atoms with E-state index in [-0.39, 0.29) is 5.91 Å². The largest absolute Gasteiger partial charge is 0.365 e. The molecule has 1 aliphatic carbocycles. The van der Waals surface area contributed by atoms with Crippen molar-refractivity contribution >= 4 is 29.3 Å². The molecule has 2 N–H and O–H groups in total. The van der Waals surface area contributed by atoms with Crippen LogP contribution in [0.5, 0.6) is 0 Å². The normalized spacial score (nSPS) is 16.4. The highest BCUT2D eigenvalue weighted by Crippen LogP contribution is 2.48. The maximum absolute atomic E-state index is 13.1. The van der Waals surface area contributed by atoms with Gasteiger partial charge in [-0.2, -0.15) is 4.98 Å². The zero-order chi connectivity index (χ0) is 23.5. The van der Waals surface area contributed by atoms with Gasteiger partial charge in [0.05, 0.1) is 0 Å². The van der Waals surface area contributed by atoms with Crippen molar-refractivity contribution in [2.24, 2.45) is 5.41 Å². The third-order valence-electron chi connectivity index (χ3n) is 7.15. The van der Waals surface area contributed by atoms with Crippen LogP contribution in [0.15, 0.2) is 54.7 Å². The number of aryl methyl sites for hydroxylation is 1. The fraction of sp³-hybridized carbons (Fsp3) is 0.370. The molecule has 1 aliphatic heterocycles. The van der Waals surface area contributed by atoms with E-state index in [1.807, 2.05) is 55.5 Å². The van der Waals surface area contributed by atoms with Gasteiger partial charge in [0.2, 0.25) is 5.95 Å². The minimum Gasteiger partial charge on any atom is -0.365 e. The zero-order valence-electron chi connectivity index (χ0n) is 19.5. The summed E-state index contributed by atoms with van der Waals surface area (Å²) in [7, 11) is 0. The van der Waals surface area contributed by atoms with Crippen molar-refractivity contribution < 1.29 is 4.79 Å². The number of carbonyl (C=O) groups excluding carboxylic acids is 1. The average Bonchev–Trinajstić information content (AvgIpc) is 3.31. The average molecular weight is 476 g/mol. The number of nitrogens with zero attached hydrogens (tertiary/aromatic N) is 3. The third-order valence-corrected chi connectivity index (χ3v) is 7.56. The van der Waals surface area contributed by atoms with Crippen molar-refractivity contribution in [3.8, 4) is 0 Å². The quantitative estimate of drug-likeness (QED) is 0.481. The third kappa shape index (κ3) is 4.87. The summed E-state index contributed by atoms with van der Waals surface area (Å²) in [6, 6.07) is 15.8. The number of hydrogen-bond donors (Lipinski definition) is 2. The van der Waals surface area contributed by atoms with Crippen LogP contribution in [0.4, 0.5) is 11.8 Å². The summed E-state index contributed by atoms with van der Waals surface area (Å²) in [6.07, 6.45) is 6.76. The highest BCUT2D eigenvalue weighted by molar-refractivity contribution is 6.31.